The van der Waals surface area contributed by atoms with Gasteiger partial charge in [0.15, 0.2) is 0 Å². The molecule has 0 N–H and O–H groups in total. The van der Waals surface area contributed by atoms with Crippen LogP contribution in [0.3, 0.4) is 0 Å². The van der Waals surface area contributed by atoms with Gasteiger partial charge in [-0.1, -0.05) is 32.0 Å². The first-order chi connectivity index (χ1) is 6.03. The molecule has 0 atom stereocenters. The number of ether oxygens (including phenoxy) is 1. The molecule has 0 bridgehead atoms. The average Bonchev–Trinajstić information content (AvgIpc) is 2.02. The van der Waals surface area contributed by atoms with Crippen LogP contribution in [-0.4, -0.2) is 11.9 Å². The van der Waals surface area contributed by atoms with E-state index < -0.39 is 0 Å². The minimum absolute atomic E-state index is 0.00856. The summed E-state index contributed by atoms with van der Waals surface area (Å²) in [7, 11) is 1.70. The van der Waals surface area contributed by atoms with Crippen molar-refractivity contribution in [2.45, 2.75) is 25.0 Å². The van der Waals surface area contributed by atoms with Crippen molar-refractivity contribution < 1.29 is 4.74 Å². The topological polar surface area (TPSA) is 9.23 Å². The van der Waals surface area contributed by atoms with Crippen LogP contribution < -0.4 is 4.74 Å². The average molecular weight is 196 g/mol. The Bertz CT molecular complexity index is 276. The van der Waals surface area contributed by atoms with Crippen LogP contribution in [0.25, 0.3) is 0 Å². The van der Waals surface area contributed by atoms with E-state index in [2.05, 4.69) is 32.5 Å². The van der Waals surface area contributed by atoms with E-state index in [0.717, 1.165) is 12.2 Å². The van der Waals surface area contributed by atoms with Crippen LogP contribution in [-0.2, 0) is 6.42 Å². The second-order valence-electron chi connectivity index (χ2n) is 3.80. The summed E-state index contributed by atoms with van der Waals surface area (Å²) in [6.07, 6.45) is 0.917. The maximum Gasteiger partial charge on any atom is 0.122 e. The van der Waals surface area contributed by atoms with Crippen molar-refractivity contribution in [1.82, 2.24) is 0 Å². The molecule has 0 heterocycles. The molecular formula is C11H16OS. The Labute approximate surface area is 85.5 Å². The van der Waals surface area contributed by atoms with Gasteiger partial charge in [-0.25, -0.2) is 0 Å². The first-order valence-electron chi connectivity index (χ1n) is 4.37. The van der Waals surface area contributed by atoms with Gasteiger partial charge >= 0.3 is 0 Å². The molecule has 0 unspecified atom stereocenters. The molecule has 0 amide bonds. The van der Waals surface area contributed by atoms with Crippen molar-refractivity contribution in [3.63, 3.8) is 0 Å². The van der Waals surface area contributed by atoms with Crippen molar-refractivity contribution in [1.29, 1.82) is 0 Å². The summed E-state index contributed by atoms with van der Waals surface area (Å²) in [4.78, 5) is 0. The van der Waals surface area contributed by atoms with Gasteiger partial charge in [0.05, 0.1) is 7.11 Å². The second kappa shape index (κ2) is 4.05. The third-order valence-corrected chi connectivity index (χ3v) is 1.97. The van der Waals surface area contributed by atoms with E-state index in [-0.39, 0.29) is 4.75 Å². The van der Waals surface area contributed by atoms with Crippen molar-refractivity contribution in [3.05, 3.63) is 29.8 Å². The quantitative estimate of drug-likeness (QED) is 0.731. The van der Waals surface area contributed by atoms with Crippen LogP contribution in [0, 0.1) is 0 Å². The molecule has 2 heteroatoms. The summed E-state index contributed by atoms with van der Waals surface area (Å²) in [5, 5.41) is 0. The van der Waals surface area contributed by atoms with Crippen LogP contribution in [0.4, 0.5) is 0 Å². The maximum absolute atomic E-state index is 5.26. The Morgan fingerprint density at radius 2 is 1.92 bits per heavy atom. The zero-order valence-corrected chi connectivity index (χ0v) is 9.27. The number of hydrogen-bond donors (Lipinski definition) is 1. The normalized spacial score (nSPS) is 11.4. The molecule has 1 aromatic rings. The van der Waals surface area contributed by atoms with E-state index in [9.17, 15) is 0 Å². The molecule has 0 aromatic heterocycles. The number of rotatable bonds is 3. The number of thiol groups is 1. The summed E-state index contributed by atoms with van der Waals surface area (Å²) in [6.45, 7) is 4.20. The van der Waals surface area contributed by atoms with Crippen LogP contribution in [0.2, 0.25) is 0 Å². The number of para-hydroxylation sites is 1. The highest BCUT2D eigenvalue weighted by Gasteiger charge is 2.14. The Morgan fingerprint density at radius 1 is 1.31 bits per heavy atom. The van der Waals surface area contributed by atoms with Crippen molar-refractivity contribution in [2.75, 3.05) is 7.11 Å². The van der Waals surface area contributed by atoms with E-state index in [4.69, 9.17) is 4.74 Å². The van der Waals surface area contributed by atoms with Gasteiger partial charge in [-0.05, 0) is 18.1 Å². The molecule has 0 saturated heterocycles. The summed E-state index contributed by atoms with van der Waals surface area (Å²) in [5.74, 6) is 0.949. The van der Waals surface area contributed by atoms with Gasteiger partial charge in [-0.15, -0.1) is 0 Å². The predicted molar refractivity (Wildman–Crippen MR) is 59.8 cm³/mol. The van der Waals surface area contributed by atoms with E-state index >= 15 is 0 Å². The molecule has 1 nitrogen and oxygen atoms in total. The number of benzene rings is 1. The smallest absolute Gasteiger partial charge is 0.122 e. The van der Waals surface area contributed by atoms with Crippen LogP contribution >= 0.6 is 12.6 Å². The van der Waals surface area contributed by atoms with Gasteiger partial charge in [0.1, 0.15) is 5.75 Å². The lowest BCUT2D eigenvalue weighted by molar-refractivity contribution is 0.408. The Morgan fingerprint density at radius 3 is 2.46 bits per heavy atom. The lowest BCUT2D eigenvalue weighted by atomic mass is 10.0. The molecule has 72 valence electrons. The SMILES string of the molecule is COc1ccccc1CC(C)(C)S. The monoisotopic (exact) mass is 196 g/mol. The van der Waals surface area contributed by atoms with E-state index in [1.54, 1.807) is 7.11 Å². The predicted octanol–water partition coefficient (Wildman–Crippen LogP) is 2.95. The van der Waals surface area contributed by atoms with Gasteiger partial charge in [-0.2, -0.15) is 12.6 Å². The molecule has 0 aliphatic heterocycles. The molecule has 0 spiro atoms. The number of hydrogen-bond acceptors (Lipinski definition) is 2. The second-order valence-corrected chi connectivity index (χ2v) is 5.01. The van der Waals surface area contributed by atoms with E-state index in [1.165, 1.54) is 5.56 Å². The minimum atomic E-state index is 0.00856. The fraction of sp³-hybridized carbons (Fsp3) is 0.455. The molecule has 0 aliphatic carbocycles. The zero-order valence-electron chi connectivity index (χ0n) is 8.37. The molecular weight excluding hydrogens is 180 g/mol. The van der Waals surface area contributed by atoms with Gasteiger partial charge in [0.2, 0.25) is 0 Å². The highest BCUT2D eigenvalue weighted by molar-refractivity contribution is 7.81. The van der Waals surface area contributed by atoms with Crippen molar-refractivity contribution in [3.8, 4) is 5.75 Å². The first kappa shape index (κ1) is 10.5. The van der Waals surface area contributed by atoms with Gasteiger partial charge in [0.25, 0.3) is 0 Å². The van der Waals surface area contributed by atoms with Crippen LogP contribution in [0.15, 0.2) is 24.3 Å². The lowest BCUT2D eigenvalue weighted by Gasteiger charge is -2.18. The van der Waals surface area contributed by atoms with E-state index in [0.29, 0.717) is 0 Å². The molecule has 0 aliphatic rings. The van der Waals surface area contributed by atoms with Crippen LogP contribution in [0.1, 0.15) is 19.4 Å². The Kier molecular flexibility index (Phi) is 3.26. The summed E-state index contributed by atoms with van der Waals surface area (Å²) < 4.78 is 5.27. The van der Waals surface area contributed by atoms with E-state index in [1.807, 2.05) is 18.2 Å². The lowest BCUT2D eigenvalue weighted by Crippen LogP contribution is -2.14. The van der Waals surface area contributed by atoms with Crippen LogP contribution in [0.5, 0.6) is 5.75 Å². The highest BCUT2D eigenvalue weighted by Crippen LogP contribution is 2.25. The zero-order chi connectivity index (χ0) is 9.90. The summed E-state index contributed by atoms with van der Waals surface area (Å²) in [5.41, 5.74) is 1.21. The largest absolute Gasteiger partial charge is 0.496 e. The summed E-state index contributed by atoms with van der Waals surface area (Å²) >= 11 is 4.50. The molecule has 0 fully saturated rings. The fourth-order valence-corrected chi connectivity index (χ4v) is 1.49. The molecule has 0 radical (unpaired) electrons. The first-order valence-corrected chi connectivity index (χ1v) is 4.82. The van der Waals surface area contributed by atoms with Crippen molar-refractivity contribution in [2.24, 2.45) is 0 Å². The summed E-state index contributed by atoms with van der Waals surface area (Å²) in [6, 6.07) is 8.07. The van der Waals surface area contributed by atoms with Gasteiger partial charge < -0.3 is 4.74 Å². The molecule has 1 aromatic carbocycles. The van der Waals surface area contributed by atoms with Gasteiger partial charge in [0, 0.05) is 4.75 Å². The Balaban J connectivity index is 2.87. The van der Waals surface area contributed by atoms with Crippen molar-refractivity contribution >= 4 is 12.6 Å². The van der Waals surface area contributed by atoms with Gasteiger partial charge in [-0.3, -0.25) is 0 Å². The molecule has 13 heavy (non-hydrogen) atoms. The third-order valence-electron chi connectivity index (χ3n) is 1.82. The minimum Gasteiger partial charge on any atom is -0.496 e. The Hall–Kier alpha value is -0.630. The highest BCUT2D eigenvalue weighted by atomic mass is 32.1. The molecule has 1 rings (SSSR count). The fourth-order valence-electron chi connectivity index (χ4n) is 1.32. The molecule has 0 saturated carbocycles. The number of methoxy groups -OCH3 is 1. The standard InChI is InChI=1S/C11H16OS/c1-11(2,13)8-9-6-4-5-7-10(9)12-3/h4-7,13H,8H2,1-3H3. The maximum atomic E-state index is 5.26. The third kappa shape index (κ3) is 3.31.